The van der Waals surface area contributed by atoms with Crippen molar-refractivity contribution in [2.24, 2.45) is 5.92 Å². The van der Waals surface area contributed by atoms with Crippen LogP contribution < -0.4 is 0 Å². The van der Waals surface area contributed by atoms with Gasteiger partial charge in [0.05, 0.1) is 7.11 Å². The van der Waals surface area contributed by atoms with Gasteiger partial charge in [0.2, 0.25) is 0 Å². The maximum absolute atomic E-state index is 12.4. The van der Waals surface area contributed by atoms with Gasteiger partial charge in [0.15, 0.2) is 0 Å². The molecule has 1 aromatic carbocycles. The molecule has 0 aliphatic heterocycles. The van der Waals surface area contributed by atoms with Gasteiger partial charge >= 0.3 is 5.97 Å². The number of fused-ring (bicyclic) bond motifs is 2. The Bertz CT molecular complexity index is 569. The molecule has 3 rings (SSSR count). The molecule has 2 aliphatic rings. The van der Waals surface area contributed by atoms with Crippen LogP contribution in [0.3, 0.4) is 0 Å². The Morgan fingerprint density at radius 3 is 2.85 bits per heavy atom. The van der Waals surface area contributed by atoms with Crippen LogP contribution in [-0.4, -0.2) is 24.2 Å². The number of methoxy groups -OCH3 is 1. The fraction of sp³-hybridized carbons (Fsp3) is 0.500. The number of halogens is 1. The van der Waals surface area contributed by atoms with Crippen LogP contribution in [0.15, 0.2) is 24.3 Å². The molecule has 0 N–H and O–H groups in total. The van der Waals surface area contributed by atoms with E-state index in [0.29, 0.717) is 12.8 Å². The summed E-state index contributed by atoms with van der Waals surface area (Å²) in [5.41, 5.74) is 2.13. The molecule has 1 spiro atoms. The van der Waals surface area contributed by atoms with Crippen LogP contribution in [-0.2, 0) is 26.2 Å². The number of hydrogen-bond donors (Lipinski definition) is 0. The van der Waals surface area contributed by atoms with Gasteiger partial charge in [0.1, 0.15) is 11.7 Å². The quantitative estimate of drug-likeness (QED) is 0.454. The van der Waals surface area contributed by atoms with Gasteiger partial charge in [-0.1, -0.05) is 24.3 Å². The molecule has 1 aromatic rings. The smallest absolute Gasteiger partial charge is 0.316 e. The Hall–Kier alpha value is -1.35. The van der Waals surface area contributed by atoms with E-state index in [1.807, 2.05) is 12.1 Å². The van der Waals surface area contributed by atoms with Gasteiger partial charge < -0.3 is 4.74 Å². The lowest BCUT2D eigenvalue weighted by molar-refractivity contribution is -0.151. The molecule has 0 saturated heterocycles. The number of ether oxygens (including phenoxy) is 1. The van der Waals surface area contributed by atoms with E-state index in [-0.39, 0.29) is 16.6 Å². The van der Waals surface area contributed by atoms with Gasteiger partial charge in [-0.2, -0.15) is 0 Å². The van der Waals surface area contributed by atoms with Gasteiger partial charge in [0, 0.05) is 17.2 Å². The van der Waals surface area contributed by atoms with E-state index < -0.39 is 11.9 Å². The molecule has 20 heavy (non-hydrogen) atoms. The standard InChI is InChI=1S/C16H17ClO3/c1-20-15(19)11-6-7-16(9-13(11)18)12-5-3-2-4-10(12)8-14(16)17/h2-5,11,14H,6-9H2,1H3. The van der Waals surface area contributed by atoms with Crippen molar-refractivity contribution in [3.63, 3.8) is 0 Å². The second kappa shape index (κ2) is 4.88. The zero-order valence-electron chi connectivity index (χ0n) is 11.4. The topological polar surface area (TPSA) is 43.4 Å². The Morgan fingerprint density at radius 1 is 1.40 bits per heavy atom. The maximum Gasteiger partial charge on any atom is 0.316 e. The van der Waals surface area contributed by atoms with Crippen molar-refractivity contribution in [1.82, 2.24) is 0 Å². The van der Waals surface area contributed by atoms with Crippen LogP contribution in [0.4, 0.5) is 0 Å². The molecule has 0 bridgehead atoms. The maximum atomic E-state index is 12.4. The molecular formula is C16H17ClO3. The summed E-state index contributed by atoms with van der Waals surface area (Å²) in [6, 6.07) is 8.15. The SMILES string of the molecule is COC(=O)C1CCC2(CC1=O)c1ccccc1CC2Cl. The first kappa shape index (κ1) is 13.6. The zero-order chi connectivity index (χ0) is 14.3. The van der Waals surface area contributed by atoms with Crippen LogP contribution >= 0.6 is 11.6 Å². The summed E-state index contributed by atoms with van der Waals surface area (Å²) in [5, 5.41) is -0.0672. The normalized spacial score (nSPS) is 32.2. The fourth-order valence-corrected chi connectivity index (χ4v) is 4.19. The third kappa shape index (κ3) is 1.87. The molecule has 3 nitrogen and oxygen atoms in total. The summed E-state index contributed by atoms with van der Waals surface area (Å²) in [5.74, 6) is -1.06. The van der Waals surface area contributed by atoms with Gasteiger partial charge in [-0.3, -0.25) is 9.59 Å². The van der Waals surface area contributed by atoms with Gasteiger partial charge in [-0.05, 0) is 30.4 Å². The molecule has 0 radical (unpaired) electrons. The number of carbonyl (C=O) groups excluding carboxylic acids is 2. The molecule has 1 saturated carbocycles. The van der Waals surface area contributed by atoms with Crippen LogP contribution in [0, 0.1) is 5.92 Å². The lowest BCUT2D eigenvalue weighted by atomic mass is 9.66. The number of hydrogen-bond acceptors (Lipinski definition) is 3. The Balaban J connectivity index is 1.93. The number of rotatable bonds is 1. The van der Waals surface area contributed by atoms with Crippen molar-refractivity contribution in [1.29, 1.82) is 0 Å². The fourth-order valence-electron chi connectivity index (χ4n) is 3.72. The molecule has 3 atom stereocenters. The lowest BCUT2D eigenvalue weighted by Gasteiger charge is -2.38. The number of esters is 1. The van der Waals surface area contributed by atoms with Crippen molar-refractivity contribution < 1.29 is 14.3 Å². The minimum atomic E-state index is -0.609. The van der Waals surface area contributed by atoms with E-state index in [1.54, 1.807) is 0 Å². The van der Waals surface area contributed by atoms with E-state index in [2.05, 4.69) is 12.1 Å². The molecule has 2 aliphatic carbocycles. The average molecular weight is 293 g/mol. The summed E-state index contributed by atoms with van der Waals surface area (Å²) in [7, 11) is 1.33. The summed E-state index contributed by atoms with van der Waals surface area (Å²) in [4.78, 5) is 24.0. The third-order valence-electron chi connectivity index (χ3n) is 4.80. The zero-order valence-corrected chi connectivity index (χ0v) is 12.2. The Morgan fingerprint density at radius 2 is 2.15 bits per heavy atom. The van der Waals surface area contributed by atoms with Gasteiger partial charge in [-0.15, -0.1) is 11.6 Å². The number of alkyl halides is 1. The minimum Gasteiger partial charge on any atom is -0.468 e. The van der Waals surface area contributed by atoms with E-state index >= 15 is 0 Å². The van der Waals surface area contributed by atoms with E-state index in [9.17, 15) is 9.59 Å². The summed E-state index contributed by atoms with van der Waals surface area (Å²) >= 11 is 6.57. The molecule has 0 amide bonds. The molecule has 0 aromatic heterocycles. The predicted octanol–water partition coefficient (Wildman–Crippen LogP) is 2.63. The first-order chi connectivity index (χ1) is 9.58. The first-order valence-electron chi connectivity index (χ1n) is 6.91. The Kier molecular flexibility index (Phi) is 3.33. The second-order valence-electron chi connectivity index (χ2n) is 5.74. The lowest BCUT2D eigenvalue weighted by Crippen LogP contribution is -2.44. The van der Waals surface area contributed by atoms with Gasteiger partial charge in [0.25, 0.3) is 0 Å². The van der Waals surface area contributed by atoms with Crippen LogP contribution in [0.5, 0.6) is 0 Å². The summed E-state index contributed by atoms with van der Waals surface area (Å²) < 4.78 is 4.71. The third-order valence-corrected chi connectivity index (χ3v) is 5.37. The summed E-state index contributed by atoms with van der Waals surface area (Å²) in [6.45, 7) is 0. The highest BCUT2D eigenvalue weighted by Gasteiger charge is 2.51. The molecular weight excluding hydrogens is 276 g/mol. The van der Waals surface area contributed by atoms with Crippen molar-refractivity contribution in [3.8, 4) is 0 Å². The van der Waals surface area contributed by atoms with Crippen LogP contribution in [0.25, 0.3) is 0 Å². The molecule has 0 heterocycles. The number of Topliss-reactive ketones (excluding diaryl/α,β-unsaturated/α-hetero) is 1. The second-order valence-corrected chi connectivity index (χ2v) is 6.27. The monoisotopic (exact) mass is 292 g/mol. The molecule has 4 heteroatoms. The van der Waals surface area contributed by atoms with Crippen LogP contribution in [0.1, 0.15) is 30.4 Å². The number of ketones is 1. The number of benzene rings is 1. The first-order valence-corrected chi connectivity index (χ1v) is 7.35. The van der Waals surface area contributed by atoms with Crippen molar-refractivity contribution in [2.75, 3.05) is 7.11 Å². The Labute approximate surface area is 123 Å². The number of carbonyl (C=O) groups is 2. The predicted molar refractivity (Wildman–Crippen MR) is 75.8 cm³/mol. The average Bonchev–Trinajstić information content (AvgIpc) is 2.71. The van der Waals surface area contributed by atoms with Crippen molar-refractivity contribution in [3.05, 3.63) is 35.4 Å². The summed E-state index contributed by atoms with van der Waals surface area (Å²) in [6.07, 6.45) is 2.44. The largest absolute Gasteiger partial charge is 0.468 e. The molecule has 106 valence electrons. The van der Waals surface area contributed by atoms with Crippen molar-refractivity contribution >= 4 is 23.4 Å². The minimum absolute atomic E-state index is 0.0366. The van der Waals surface area contributed by atoms with Crippen LogP contribution in [0.2, 0.25) is 0 Å². The molecule has 1 fully saturated rings. The van der Waals surface area contributed by atoms with E-state index in [4.69, 9.17) is 16.3 Å². The van der Waals surface area contributed by atoms with E-state index in [1.165, 1.54) is 18.2 Å². The highest BCUT2D eigenvalue weighted by Crippen LogP contribution is 2.51. The van der Waals surface area contributed by atoms with Gasteiger partial charge in [-0.25, -0.2) is 0 Å². The molecule has 3 unspecified atom stereocenters. The van der Waals surface area contributed by atoms with E-state index in [0.717, 1.165) is 12.8 Å². The highest BCUT2D eigenvalue weighted by atomic mass is 35.5. The highest BCUT2D eigenvalue weighted by molar-refractivity contribution is 6.22. The van der Waals surface area contributed by atoms with Crippen molar-refractivity contribution in [2.45, 2.75) is 36.5 Å².